The standard InChI is InChI=1S/C22H20N2O2/c25-21(16-6-2-1-3-7-16)17-11-14-24(15-12-17)22(26)19-10-13-23-20-9-5-4-8-18(19)20/h1-10,13,17H,11-12,14-15H2. The Bertz CT molecular complexity index is 939. The van der Waals surface area contributed by atoms with Gasteiger partial charge >= 0.3 is 0 Å². The van der Waals surface area contributed by atoms with Crippen molar-refractivity contribution in [2.75, 3.05) is 13.1 Å². The minimum atomic E-state index is -0.00404. The summed E-state index contributed by atoms with van der Waals surface area (Å²) in [7, 11) is 0. The van der Waals surface area contributed by atoms with E-state index in [0.29, 0.717) is 31.5 Å². The van der Waals surface area contributed by atoms with Crippen molar-refractivity contribution in [2.45, 2.75) is 12.8 Å². The van der Waals surface area contributed by atoms with Gasteiger partial charge in [0, 0.05) is 36.2 Å². The van der Waals surface area contributed by atoms with Gasteiger partial charge in [0.25, 0.3) is 5.91 Å². The number of nitrogens with zero attached hydrogens (tertiary/aromatic N) is 2. The zero-order valence-electron chi connectivity index (χ0n) is 14.5. The fourth-order valence-electron chi connectivity index (χ4n) is 3.64. The van der Waals surface area contributed by atoms with Crippen molar-refractivity contribution in [1.29, 1.82) is 0 Å². The number of benzene rings is 2. The van der Waals surface area contributed by atoms with E-state index in [2.05, 4.69) is 4.98 Å². The minimum absolute atomic E-state index is 0.00404. The van der Waals surface area contributed by atoms with Crippen LogP contribution in [0, 0.1) is 5.92 Å². The first-order valence-electron chi connectivity index (χ1n) is 8.96. The number of Topliss-reactive ketones (excluding diaryl/α,β-unsaturated/α-hetero) is 1. The first-order valence-corrected chi connectivity index (χ1v) is 8.96. The SMILES string of the molecule is O=C(c1ccccc1)C1CCN(C(=O)c2ccnc3ccccc23)CC1. The van der Waals surface area contributed by atoms with Crippen molar-refractivity contribution in [3.8, 4) is 0 Å². The smallest absolute Gasteiger partial charge is 0.254 e. The van der Waals surface area contributed by atoms with E-state index in [-0.39, 0.29) is 17.6 Å². The Hall–Kier alpha value is -3.01. The molecule has 3 aromatic rings. The number of carbonyl (C=O) groups excluding carboxylic acids is 2. The zero-order valence-corrected chi connectivity index (χ0v) is 14.5. The molecule has 1 saturated heterocycles. The summed E-state index contributed by atoms with van der Waals surface area (Å²) in [5.74, 6) is 0.205. The van der Waals surface area contributed by atoms with Gasteiger partial charge in [0.05, 0.1) is 11.1 Å². The first-order chi connectivity index (χ1) is 12.7. The Balaban J connectivity index is 1.48. The van der Waals surface area contributed by atoms with Crippen LogP contribution in [0.5, 0.6) is 0 Å². The van der Waals surface area contributed by atoms with Crippen LogP contribution in [0.1, 0.15) is 33.6 Å². The number of rotatable bonds is 3. The lowest BCUT2D eigenvalue weighted by molar-refractivity contribution is 0.0652. The second-order valence-electron chi connectivity index (χ2n) is 6.67. The highest BCUT2D eigenvalue weighted by molar-refractivity contribution is 6.06. The summed E-state index contributed by atoms with van der Waals surface area (Å²) in [4.78, 5) is 31.8. The van der Waals surface area contributed by atoms with Gasteiger partial charge in [-0.1, -0.05) is 48.5 Å². The Kier molecular flexibility index (Phi) is 4.48. The Morgan fingerprint density at radius 1 is 0.885 bits per heavy atom. The maximum absolute atomic E-state index is 13.0. The molecule has 1 amide bonds. The molecule has 1 aliphatic heterocycles. The number of hydrogen-bond acceptors (Lipinski definition) is 3. The quantitative estimate of drug-likeness (QED) is 0.676. The molecular weight excluding hydrogens is 324 g/mol. The number of fused-ring (bicyclic) bond motifs is 1. The van der Waals surface area contributed by atoms with Gasteiger partial charge in [-0.05, 0) is 25.0 Å². The van der Waals surface area contributed by atoms with Crippen LogP contribution in [0.25, 0.3) is 10.9 Å². The largest absolute Gasteiger partial charge is 0.339 e. The molecule has 0 bridgehead atoms. The predicted octanol–water partition coefficient (Wildman–Crippen LogP) is 3.97. The van der Waals surface area contributed by atoms with Crippen molar-refractivity contribution >= 4 is 22.6 Å². The van der Waals surface area contributed by atoms with Crippen molar-refractivity contribution < 1.29 is 9.59 Å². The molecule has 1 aromatic heterocycles. The summed E-state index contributed by atoms with van der Waals surface area (Å²) in [5, 5.41) is 0.877. The topological polar surface area (TPSA) is 50.3 Å². The summed E-state index contributed by atoms with van der Waals surface area (Å²) < 4.78 is 0. The first kappa shape index (κ1) is 16.5. The molecule has 0 radical (unpaired) electrons. The fraction of sp³-hybridized carbons (Fsp3) is 0.227. The monoisotopic (exact) mass is 344 g/mol. The van der Waals surface area contributed by atoms with Gasteiger partial charge in [0.15, 0.2) is 5.78 Å². The van der Waals surface area contributed by atoms with Crippen molar-refractivity contribution in [3.63, 3.8) is 0 Å². The Labute approximate surface area is 152 Å². The van der Waals surface area contributed by atoms with E-state index in [1.54, 1.807) is 12.3 Å². The normalized spacial score (nSPS) is 15.2. The Morgan fingerprint density at radius 3 is 2.35 bits per heavy atom. The van der Waals surface area contributed by atoms with Gasteiger partial charge < -0.3 is 4.90 Å². The lowest BCUT2D eigenvalue weighted by Gasteiger charge is -2.31. The van der Waals surface area contributed by atoms with Gasteiger partial charge in [-0.3, -0.25) is 14.6 Å². The van der Waals surface area contributed by atoms with E-state index in [1.807, 2.05) is 59.5 Å². The summed E-state index contributed by atoms with van der Waals surface area (Å²) >= 11 is 0. The molecule has 2 aromatic carbocycles. The molecular formula is C22H20N2O2. The number of hydrogen-bond donors (Lipinski definition) is 0. The minimum Gasteiger partial charge on any atom is -0.339 e. The highest BCUT2D eigenvalue weighted by atomic mass is 16.2. The number of aromatic nitrogens is 1. The summed E-state index contributed by atoms with van der Waals surface area (Å²) in [6, 6.07) is 18.9. The van der Waals surface area contributed by atoms with Crippen molar-refractivity contribution in [3.05, 3.63) is 78.0 Å². The molecule has 4 nitrogen and oxygen atoms in total. The van der Waals surface area contributed by atoms with E-state index in [0.717, 1.165) is 16.5 Å². The Morgan fingerprint density at radius 2 is 1.58 bits per heavy atom. The molecule has 0 aliphatic carbocycles. The van der Waals surface area contributed by atoms with Gasteiger partial charge in [-0.15, -0.1) is 0 Å². The van der Waals surface area contributed by atoms with Gasteiger partial charge in [-0.25, -0.2) is 0 Å². The molecule has 4 rings (SSSR count). The van der Waals surface area contributed by atoms with Gasteiger partial charge in [0.2, 0.25) is 0 Å². The van der Waals surface area contributed by atoms with Crippen LogP contribution in [0.15, 0.2) is 66.9 Å². The number of likely N-dealkylation sites (tertiary alicyclic amines) is 1. The molecule has 130 valence electrons. The third-order valence-electron chi connectivity index (χ3n) is 5.09. The van der Waals surface area contributed by atoms with Crippen LogP contribution in [0.3, 0.4) is 0 Å². The highest BCUT2D eigenvalue weighted by Crippen LogP contribution is 2.24. The maximum Gasteiger partial charge on any atom is 0.254 e. The fourth-order valence-corrected chi connectivity index (χ4v) is 3.64. The van der Waals surface area contributed by atoms with E-state index < -0.39 is 0 Å². The number of carbonyl (C=O) groups is 2. The van der Waals surface area contributed by atoms with E-state index in [4.69, 9.17) is 0 Å². The van der Waals surface area contributed by atoms with E-state index in [1.165, 1.54) is 0 Å². The number of pyridine rings is 1. The van der Waals surface area contributed by atoms with Crippen molar-refractivity contribution in [2.24, 2.45) is 5.92 Å². The van der Waals surface area contributed by atoms with Crippen LogP contribution < -0.4 is 0 Å². The molecule has 26 heavy (non-hydrogen) atoms. The van der Waals surface area contributed by atoms with Crippen LogP contribution in [-0.2, 0) is 0 Å². The highest BCUT2D eigenvalue weighted by Gasteiger charge is 2.28. The molecule has 0 spiro atoms. The average molecular weight is 344 g/mol. The third kappa shape index (κ3) is 3.10. The lowest BCUT2D eigenvalue weighted by atomic mass is 9.88. The van der Waals surface area contributed by atoms with Crippen LogP contribution >= 0.6 is 0 Å². The molecule has 0 unspecified atom stereocenters. The molecule has 4 heteroatoms. The maximum atomic E-state index is 13.0. The molecule has 1 aliphatic rings. The molecule has 0 atom stereocenters. The molecule has 0 saturated carbocycles. The van der Waals surface area contributed by atoms with E-state index >= 15 is 0 Å². The van der Waals surface area contributed by atoms with Crippen molar-refractivity contribution in [1.82, 2.24) is 9.88 Å². The molecule has 2 heterocycles. The van der Waals surface area contributed by atoms with Crippen LogP contribution in [-0.4, -0.2) is 34.7 Å². The average Bonchev–Trinajstić information content (AvgIpc) is 2.73. The molecule has 1 fully saturated rings. The zero-order chi connectivity index (χ0) is 17.9. The van der Waals surface area contributed by atoms with Gasteiger partial charge in [0.1, 0.15) is 0 Å². The summed E-state index contributed by atoms with van der Waals surface area (Å²) in [5.41, 5.74) is 2.27. The number of para-hydroxylation sites is 1. The van der Waals surface area contributed by atoms with Crippen LogP contribution in [0.2, 0.25) is 0 Å². The van der Waals surface area contributed by atoms with Gasteiger partial charge in [-0.2, -0.15) is 0 Å². The second kappa shape index (κ2) is 7.08. The molecule has 0 N–H and O–H groups in total. The number of piperidine rings is 1. The van der Waals surface area contributed by atoms with E-state index in [9.17, 15) is 9.59 Å². The third-order valence-corrected chi connectivity index (χ3v) is 5.09. The summed E-state index contributed by atoms with van der Waals surface area (Å²) in [6.07, 6.45) is 3.10. The number of amides is 1. The second-order valence-corrected chi connectivity index (χ2v) is 6.67. The van der Waals surface area contributed by atoms with Crippen LogP contribution in [0.4, 0.5) is 0 Å². The summed E-state index contributed by atoms with van der Waals surface area (Å²) in [6.45, 7) is 1.22. The lowest BCUT2D eigenvalue weighted by Crippen LogP contribution is -2.40. The predicted molar refractivity (Wildman–Crippen MR) is 101 cm³/mol. The number of ketones is 1.